The average Bonchev–Trinajstić information content (AvgIpc) is 3.52. The Bertz CT molecular complexity index is 1560. The van der Waals surface area contributed by atoms with Crippen molar-refractivity contribution in [3.05, 3.63) is 56.7 Å². The fourth-order valence-electron chi connectivity index (χ4n) is 6.59. The van der Waals surface area contributed by atoms with Crippen LogP contribution in [0.25, 0.3) is 22.3 Å². The number of Topliss-reactive ketones (excluding diaryl/α,β-unsaturated/α-hetero) is 1. The number of carbonyl (C=O) groups is 1. The Kier molecular flexibility index (Phi) is 5.37. The van der Waals surface area contributed by atoms with Crippen LogP contribution in [0.4, 0.5) is 8.78 Å². The monoisotopic (exact) mass is 520 g/mol. The molecule has 4 aliphatic rings. The van der Waals surface area contributed by atoms with Gasteiger partial charge in [0.2, 0.25) is 0 Å². The summed E-state index contributed by atoms with van der Waals surface area (Å²) < 4.78 is 38.9. The van der Waals surface area contributed by atoms with Crippen LogP contribution in [-0.4, -0.2) is 46.2 Å². The second kappa shape index (κ2) is 8.59. The van der Waals surface area contributed by atoms with E-state index >= 15 is 0 Å². The highest BCUT2D eigenvalue weighted by atomic mass is 19.3. The lowest BCUT2D eigenvalue weighted by Gasteiger charge is -2.26. The zero-order valence-electron chi connectivity index (χ0n) is 21.2. The van der Waals surface area contributed by atoms with Crippen molar-refractivity contribution < 1.29 is 23.0 Å². The molecule has 0 atom stereocenters. The van der Waals surface area contributed by atoms with Crippen LogP contribution in [0.3, 0.4) is 0 Å². The maximum absolute atomic E-state index is 13.9. The number of nitrogens with zero attached hydrogens (tertiary/aromatic N) is 3. The lowest BCUT2D eigenvalue weighted by atomic mass is 9.95. The molecule has 0 amide bonds. The molecule has 1 aromatic carbocycles. The maximum atomic E-state index is 13.9. The van der Waals surface area contributed by atoms with E-state index in [0.717, 1.165) is 54.6 Å². The van der Waals surface area contributed by atoms with Gasteiger partial charge in [0.25, 0.3) is 5.56 Å². The Labute approximate surface area is 218 Å². The smallest absolute Gasteiger partial charge is 0.395 e. The molecule has 2 aromatic heterocycles. The van der Waals surface area contributed by atoms with Gasteiger partial charge in [0.15, 0.2) is 11.5 Å². The molecule has 3 aromatic rings. The first-order valence-electron chi connectivity index (χ1n) is 13.5. The average molecular weight is 521 g/mol. The van der Waals surface area contributed by atoms with Gasteiger partial charge in [-0.15, -0.1) is 8.78 Å². The number of rotatable bonds is 5. The van der Waals surface area contributed by atoms with Gasteiger partial charge in [-0.2, -0.15) is 0 Å². The van der Waals surface area contributed by atoms with E-state index in [9.17, 15) is 18.4 Å². The molecule has 1 fully saturated rings. The Hall–Kier alpha value is -3.33. The van der Waals surface area contributed by atoms with Gasteiger partial charge in [0.1, 0.15) is 5.78 Å². The third-order valence-corrected chi connectivity index (χ3v) is 8.39. The third kappa shape index (κ3) is 3.66. The summed E-state index contributed by atoms with van der Waals surface area (Å²) in [6, 6.07) is 5.02. The van der Waals surface area contributed by atoms with E-state index in [0.29, 0.717) is 41.4 Å². The summed E-state index contributed by atoms with van der Waals surface area (Å²) in [5, 5.41) is 0.742. The first kappa shape index (κ1) is 23.8. The number of aryl methyl sites for hydroxylation is 1. The van der Waals surface area contributed by atoms with Crippen molar-refractivity contribution >= 4 is 16.7 Å². The van der Waals surface area contributed by atoms with E-state index in [2.05, 4.69) is 4.90 Å². The van der Waals surface area contributed by atoms with Gasteiger partial charge < -0.3 is 18.9 Å². The van der Waals surface area contributed by atoms with Crippen LogP contribution >= 0.6 is 0 Å². The van der Waals surface area contributed by atoms with Crippen LogP contribution in [-0.2, 0) is 24.2 Å². The molecule has 7 rings (SSSR count). The van der Waals surface area contributed by atoms with Crippen LogP contribution in [0.5, 0.6) is 11.5 Å². The number of benzene rings is 1. The highest BCUT2D eigenvalue weighted by Gasteiger charge is 2.44. The van der Waals surface area contributed by atoms with Gasteiger partial charge in [-0.3, -0.25) is 9.59 Å². The second-order valence-corrected chi connectivity index (χ2v) is 10.7. The first-order valence-corrected chi connectivity index (χ1v) is 13.5. The molecule has 0 spiro atoms. The molecule has 3 aliphatic heterocycles. The standard InChI is InChI=1S/C29H28F2N3O4/c1-2-16-18-11-23-27-21(15-34(23)28(36)20(18)12-24(16)35)17(7-6-10-33-8-4-3-5-9-33)19-13-25-26(14-22(19)32-27)38-29(30,31)37-25/h11,13-14H,2-10,12,15H2,1H3. The highest BCUT2D eigenvalue weighted by Crippen LogP contribution is 2.46. The molecule has 9 heteroatoms. The van der Waals surface area contributed by atoms with E-state index in [1.54, 1.807) is 10.6 Å². The van der Waals surface area contributed by atoms with E-state index < -0.39 is 6.29 Å². The molecule has 5 heterocycles. The number of halogens is 2. The summed E-state index contributed by atoms with van der Waals surface area (Å²) in [6.45, 7) is 5.43. The molecule has 1 saturated heterocycles. The van der Waals surface area contributed by atoms with Crippen molar-refractivity contribution in [1.29, 1.82) is 0 Å². The number of pyridine rings is 2. The number of alkyl halides is 2. The largest absolute Gasteiger partial charge is 0.586 e. The van der Waals surface area contributed by atoms with E-state index in [-0.39, 0.29) is 29.3 Å². The summed E-state index contributed by atoms with van der Waals surface area (Å²) in [5.41, 5.74) is 4.94. The fraction of sp³-hybridized carbons (Fsp3) is 0.448. The number of hydrogen-bond acceptors (Lipinski definition) is 6. The van der Waals surface area contributed by atoms with Gasteiger partial charge >= 0.3 is 6.29 Å². The van der Waals surface area contributed by atoms with Crippen molar-refractivity contribution in [3.8, 4) is 22.9 Å². The minimum atomic E-state index is -3.71. The molecule has 0 N–H and O–H groups in total. The van der Waals surface area contributed by atoms with Gasteiger partial charge in [-0.25, -0.2) is 4.98 Å². The molecule has 197 valence electrons. The second-order valence-electron chi connectivity index (χ2n) is 10.7. The molecule has 1 radical (unpaired) electrons. The molecule has 7 nitrogen and oxygen atoms in total. The fourth-order valence-corrected chi connectivity index (χ4v) is 6.59. The van der Waals surface area contributed by atoms with E-state index in [1.807, 2.05) is 13.0 Å². The number of piperidine rings is 1. The van der Waals surface area contributed by atoms with Gasteiger partial charge in [0, 0.05) is 29.0 Å². The number of aromatic nitrogens is 2. The van der Waals surface area contributed by atoms with Crippen LogP contribution in [0.2, 0.25) is 0 Å². The minimum Gasteiger partial charge on any atom is -0.395 e. The predicted octanol–water partition coefficient (Wildman–Crippen LogP) is 4.62. The molecule has 38 heavy (non-hydrogen) atoms. The number of fused-ring (bicyclic) bond motifs is 6. The van der Waals surface area contributed by atoms with Gasteiger partial charge in [-0.05, 0) is 75.0 Å². The van der Waals surface area contributed by atoms with Crippen LogP contribution in [0, 0.1) is 5.92 Å². The molecule has 0 unspecified atom stereocenters. The van der Waals surface area contributed by atoms with Crippen LogP contribution in [0.15, 0.2) is 23.0 Å². The number of ketones is 1. The summed E-state index contributed by atoms with van der Waals surface area (Å²) >= 11 is 0. The summed E-state index contributed by atoms with van der Waals surface area (Å²) in [7, 11) is 0. The van der Waals surface area contributed by atoms with E-state index in [1.165, 1.54) is 25.3 Å². The Morgan fingerprint density at radius 2 is 1.79 bits per heavy atom. The predicted molar refractivity (Wildman–Crippen MR) is 137 cm³/mol. The molecule has 0 bridgehead atoms. The lowest BCUT2D eigenvalue weighted by Crippen LogP contribution is -2.30. The van der Waals surface area contributed by atoms with Crippen molar-refractivity contribution in [2.24, 2.45) is 0 Å². The maximum Gasteiger partial charge on any atom is 0.586 e. The zero-order chi connectivity index (χ0) is 26.2. The number of carbonyl (C=O) groups excluding carboxylic acids is 1. The summed E-state index contributed by atoms with van der Waals surface area (Å²) in [4.78, 5) is 33.4. The Balaban J connectivity index is 1.35. The van der Waals surface area contributed by atoms with E-state index in [4.69, 9.17) is 14.5 Å². The number of hydrogen-bond donors (Lipinski definition) is 0. The number of ether oxygens (including phenoxy) is 2. The number of likely N-dealkylation sites (tertiary alicyclic amines) is 1. The normalized spacial score (nSPS) is 19.7. The lowest BCUT2D eigenvalue weighted by molar-refractivity contribution is -0.286. The molecule has 0 saturated carbocycles. The SMILES string of the molecule is CC[C]1C(=O)Cc2c1cc1n(c2=O)Cc2c-1nc1cc3c(cc1c2CCCN1CCCCC1)OC(F)(F)O3. The summed E-state index contributed by atoms with van der Waals surface area (Å²) in [5.74, 6) is 0.629. The topological polar surface area (TPSA) is 73.7 Å². The van der Waals surface area contributed by atoms with Crippen molar-refractivity contribution in [2.75, 3.05) is 19.6 Å². The molecule has 1 aliphatic carbocycles. The minimum absolute atomic E-state index is 0.00242. The summed E-state index contributed by atoms with van der Waals surface area (Å²) in [6.07, 6.45) is 2.32. The van der Waals surface area contributed by atoms with Gasteiger partial charge in [-0.1, -0.05) is 13.3 Å². The van der Waals surface area contributed by atoms with Crippen molar-refractivity contribution in [3.63, 3.8) is 0 Å². The van der Waals surface area contributed by atoms with Crippen molar-refractivity contribution in [1.82, 2.24) is 14.5 Å². The Morgan fingerprint density at radius 3 is 2.55 bits per heavy atom. The van der Waals surface area contributed by atoms with Crippen LogP contribution in [0.1, 0.15) is 61.3 Å². The molecular formula is C29H28F2N3O4. The quantitative estimate of drug-likeness (QED) is 0.382. The Morgan fingerprint density at radius 1 is 1.03 bits per heavy atom. The van der Waals surface area contributed by atoms with Crippen LogP contribution < -0.4 is 15.0 Å². The highest BCUT2D eigenvalue weighted by molar-refractivity contribution is 6.02. The van der Waals surface area contributed by atoms with Gasteiger partial charge in [0.05, 0.1) is 29.4 Å². The van der Waals surface area contributed by atoms with Crippen molar-refractivity contribution in [2.45, 2.75) is 64.7 Å². The third-order valence-electron chi connectivity index (χ3n) is 8.39. The first-order chi connectivity index (χ1) is 18.3. The zero-order valence-corrected chi connectivity index (χ0v) is 21.2. The molecular weight excluding hydrogens is 492 g/mol.